The molecule has 0 aliphatic carbocycles. The van der Waals surface area contributed by atoms with Crippen molar-refractivity contribution in [1.29, 1.82) is 0 Å². The van der Waals surface area contributed by atoms with Crippen LogP contribution in [0.25, 0.3) is 10.8 Å². The fourth-order valence-electron chi connectivity index (χ4n) is 2.43. The molecule has 1 heterocycles. The first-order chi connectivity index (χ1) is 12.5. The van der Waals surface area contributed by atoms with Crippen LogP contribution in [0, 0.1) is 5.82 Å². The van der Waals surface area contributed by atoms with Gasteiger partial charge in [-0.1, -0.05) is 18.2 Å². The van der Waals surface area contributed by atoms with E-state index in [0.29, 0.717) is 0 Å². The Bertz CT molecular complexity index is 1120. The Kier molecular flexibility index (Phi) is 4.61. The first-order valence-electron chi connectivity index (χ1n) is 7.53. The van der Waals surface area contributed by atoms with Gasteiger partial charge in [0.2, 0.25) is 5.91 Å². The Hall–Kier alpha value is -3.75. The van der Waals surface area contributed by atoms with Crippen molar-refractivity contribution in [2.75, 3.05) is 11.9 Å². The monoisotopic (exact) mass is 356 g/mol. The van der Waals surface area contributed by atoms with Gasteiger partial charge in [-0.25, -0.2) is 4.39 Å². The van der Waals surface area contributed by atoms with E-state index in [9.17, 15) is 23.6 Å². The summed E-state index contributed by atoms with van der Waals surface area (Å²) in [6.45, 7) is -0.440. The van der Waals surface area contributed by atoms with Crippen LogP contribution in [0.1, 0.15) is 10.4 Å². The molecule has 26 heavy (non-hydrogen) atoms. The minimum atomic E-state index is -0.745. The molecule has 0 spiro atoms. The molecule has 3 aromatic rings. The molecule has 0 saturated heterocycles. The zero-order valence-corrected chi connectivity index (χ0v) is 13.3. The number of anilines is 1. The predicted molar refractivity (Wildman–Crippen MR) is 92.6 cm³/mol. The van der Waals surface area contributed by atoms with Crippen molar-refractivity contribution >= 4 is 28.3 Å². The van der Waals surface area contributed by atoms with Gasteiger partial charge < -0.3 is 10.6 Å². The van der Waals surface area contributed by atoms with Gasteiger partial charge in [0.25, 0.3) is 17.0 Å². The summed E-state index contributed by atoms with van der Waals surface area (Å²) in [6, 6.07) is 9.77. The number of aromatic amines is 2. The summed E-state index contributed by atoms with van der Waals surface area (Å²) in [7, 11) is 0. The molecule has 0 aliphatic heterocycles. The van der Waals surface area contributed by atoms with Crippen LogP contribution in [0.5, 0.6) is 0 Å². The molecule has 0 bridgehead atoms. The first kappa shape index (κ1) is 17.1. The van der Waals surface area contributed by atoms with Crippen LogP contribution >= 0.6 is 0 Å². The molecular formula is C17H13FN4O4. The molecule has 0 radical (unpaired) electrons. The second-order valence-corrected chi connectivity index (χ2v) is 5.35. The first-order valence-corrected chi connectivity index (χ1v) is 7.53. The summed E-state index contributed by atoms with van der Waals surface area (Å²) in [4.78, 5) is 47.6. The number of hydrogen-bond donors (Lipinski definition) is 4. The van der Waals surface area contributed by atoms with Crippen molar-refractivity contribution in [1.82, 2.24) is 15.5 Å². The van der Waals surface area contributed by atoms with Crippen LogP contribution in [0.3, 0.4) is 0 Å². The van der Waals surface area contributed by atoms with Crippen molar-refractivity contribution in [3.05, 3.63) is 74.6 Å². The summed E-state index contributed by atoms with van der Waals surface area (Å²) >= 11 is 0. The second-order valence-electron chi connectivity index (χ2n) is 5.35. The van der Waals surface area contributed by atoms with E-state index in [1.807, 2.05) is 0 Å². The molecule has 132 valence electrons. The number of hydrogen-bond acceptors (Lipinski definition) is 4. The second kappa shape index (κ2) is 7.01. The summed E-state index contributed by atoms with van der Waals surface area (Å²) in [5, 5.41) is 9.24. The molecule has 2 aromatic carbocycles. The number of nitrogens with one attached hydrogen (secondary N) is 4. The Morgan fingerprint density at radius 3 is 2.46 bits per heavy atom. The van der Waals surface area contributed by atoms with Crippen molar-refractivity contribution < 1.29 is 14.0 Å². The molecule has 1 aromatic heterocycles. The number of amides is 2. The molecule has 3 rings (SSSR count). The van der Waals surface area contributed by atoms with Crippen molar-refractivity contribution in [3.63, 3.8) is 0 Å². The Morgan fingerprint density at radius 2 is 1.69 bits per heavy atom. The molecule has 8 nitrogen and oxygen atoms in total. The molecule has 0 aliphatic rings. The average Bonchev–Trinajstić information content (AvgIpc) is 2.63. The number of aromatic nitrogens is 2. The topological polar surface area (TPSA) is 124 Å². The van der Waals surface area contributed by atoms with Crippen LogP contribution in [-0.2, 0) is 4.79 Å². The molecule has 0 saturated carbocycles. The third-order valence-corrected chi connectivity index (χ3v) is 3.63. The summed E-state index contributed by atoms with van der Waals surface area (Å²) in [5.74, 6) is -2.09. The Morgan fingerprint density at radius 1 is 0.962 bits per heavy atom. The molecule has 9 heteroatoms. The third kappa shape index (κ3) is 3.36. The molecular weight excluding hydrogens is 343 g/mol. The molecule has 2 amide bonds. The molecule has 0 fully saturated rings. The summed E-state index contributed by atoms with van der Waals surface area (Å²) < 4.78 is 13.5. The molecule has 0 unspecified atom stereocenters. The predicted octanol–water partition coefficient (Wildman–Crippen LogP) is 0.724. The molecule has 0 atom stereocenters. The third-order valence-electron chi connectivity index (χ3n) is 3.63. The maximum atomic E-state index is 13.5. The summed E-state index contributed by atoms with van der Waals surface area (Å²) in [6.07, 6.45) is 0. The highest BCUT2D eigenvalue weighted by Crippen LogP contribution is 2.16. The number of carbonyl (C=O) groups is 2. The van der Waals surface area contributed by atoms with Crippen LogP contribution < -0.4 is 21.8 Å². The molecule has 4 N–H and O–H groups in total. The highest BCUT2D eigenvalue weighted by Gasteiger charge is 2.14. The minimum absolute atomic E-state index is 0.0185. The van der Waals surface area contributed by atoms with Gasteiger partial charge in [0, 0.05) is 0 Å². The Labute approximate surface area is 145 Å². The lowest BCUT2D eigenvalue weighted by Crippen LogP contribution is -2.33. The number of halogens is 1. The van der Waals surface area contributed by atoms with Gasteiger partial charge in [-0.05, 0) is 24.3 Å². The summed E-state index contributed by atoms with van der Waals surface area (Å²) in [5.41, 5.74) is -1.15. The van der Waals surface area contributed by atoms with Gasteiger partial charge in [0.05, 0.1) is 28.6 Å². The highest BCUT2D eigenvalue weighted by atomic mass is 19.1. The van der Waals surface area contributed by atoms with E-state index in [1.165, 1.54) is 36.4 Å². The number of H-pyrrole nitrogens is 2. The van der Waals surface area contributed by atoms with E-state index in [-0.39, 0.29) is 22.0 Å². The van der Waals surface area contributed by atoms with E-state index in [1.54, 1.807) is 0 Å². The van der Waals surface area contributed by atoms with E-state index in [0.717, 1.165) is 6.07 Å². The Balaban J connectivity index is 1.75. The largest absolute Gasteiger partial charge is 0.343 e. The number of benzene rings is 2. The lowest BCUT2D eigenvalue weighted by Gasteiger charge is -2.09. The number of carbonyl (C=O) groups excluding carboxylic acids is 2. The lowest BCUT2D eigenvalue weighted by molar-refractivity contribution is -0.115. The zero-order valence-electron chi connectivity index (χ0n) is 13.3. The van der Waals surface area contributed by atoms with E-state index in [2.05, 4.69) is 20.8 Å². The van der Waals surface area contributed by atoms with E-state index in [4.69, 9.17) is 0 Å². The van der Waals surface area contributed by atoms with Crippen LogP contribution in [-0.4, -0.2) is 28.6 Å². The zero-order chi connectivity index (χ0) is 18.7. The smallest absolute Gasteiger partial charge is 0.272 e. The minimum Gasteiger partial charge on any atom is -0.343 e. The number of rotatable bonds is 4. The lowest BCUT2D eigenvalue weighted by atomic mass is 10.1. The fourth-order valence-corrected chi connectivity index (χ4v) is 2.43. The van der Waals surface area contributed by atoms with E-state index >= 15 is 0 Å². The van der Waals surface area contributed by atoms with E-state index < -0.39 is 35.3 Å². The average molecular weight is 356 g/mol. The van der Waals surface area contributed by atoms with Crippen LogP contribution in [0.4, 0.5) is 10.1 Å². The highest BCUT2D eigenvalue weighted by molar-refractivity contribution is 6.04. The van der Waals surface area contributed by atoms with Crippen molar-refractivity contribution in [3.8, 4) is 0 Å². The van der Waals surface area contributed by atoms with Gasteiger partial charge in [0.15, 0.2) is 0 Å². The maximum absolute atomic E-state index is 13.5. The maximum Gasteiger partial charge on any atom is 0.272 e. The van der Waals surface area contributed by atoms with Gasteiger partial charge in [-0.3, -0.25) is 29.4 Å². The fraction of sp³-hybridized carbons (Fsp3) is 0.0588. The van der Waals surface area contributed by atoms with Gasteiger partial charge in [0.1, 0.15) is 5.82 Å². The van der Waals surface area contributed by atoms with Gasteiger partial charge >= 0.3 is 0 Å². The van der Waals surface area contributed by atoms with Gasteiger partial charge in [-0.15, -0.1) is 0 Å². The SMILES string of the molecule is O=C(CNC(=O)c1ccccc1F)Nc1cccc2c(=O)[nH][nH]c(=O)c12. The normalized spacial score (nSPS) is 10.5. The van der Waals surface area contributed by atoms with Crippen LogP contribution in [0.2, 0.25) is 0 Å². The van der Waals surface area contributed by atoms with Gasteiger partial charge in [-0.2, -0.15) is 0 Å². The van der Waals surface area contributed by atoms with Crippen molar-refractivity contribution in [2.45, 2.75) is 0 Å². The van der Waals surface area contributed by atoms with Crippen LogP contribution in [0.15, 0.2) is 52.1 Å². The standard InChI is InChI=1S/C17H13FN4O4/c18-11-6-2-1-4-9(11)15(24)19-8-13(23)20-12-7-3-5-10-14(12)17(26)22-21-16(10)25/h1-7H,8H2,(H,19,24)(H,20,23)(H,21,25)(H,22,26). The number of fused-ring (bicyclic) bond motifs is 1. The quantitative estimate of drug-likeness (QED) is 0.550. The van der Waals surface area contributed by atoms with Crippen molar-refractivity contribution in [2.24, 2.45) is 0 Å².